The van der Waals surface area contributed by atoms with Crippen molar-refractivity contribution in [2.75, 3.05) is 0 Å². The Balaban J connectivity index is 1.90. The molecule has 0 radical (unpaired) electrons. The van der Waals surface area contributed by atoms with Crippen molar-refractivity contribution in [1.29, 1.82) is 0 Å². The number of alkyl carbamates (subject to hydrolysis) is 1. The maximum Gasteiger partial charge on any atom is 0.408 e. The van der Waals surface area contributed by atoms with Crippen LogP contribution in [-0.2, 0) is 30.6 Å². The largest absolute Gasteiger partial charge is 0.445 e. The van der Waals surface area contributed by atoms with Crippen molar-refractivity contribution in [3.63, 3.8) is 0 Å². The average Bonchev–Trinajstić information content (AvgIpc) is 2.90. The highest BCUT2D eigenvalue weighted by atomic mass is 16.7. The zero-order valence-corrected chi connectivity index (χ0v) is 13.5. The number of hydrogen-bond donors (Lipinski definition) is 2. The smallest absolute Gasteiger partial charge is 0.408 e. The summed E-state index contributed by atoms with van der Waals surface area (Å²) in [4.78, 5) is 51.4. The van der Waals surface area contributed by atoms with Crippen LogP contribution in [0.4, 0.5) is 4.79 Å². The standard InChI is InChI=1S/C16H18N2O7/c1-10(19)14(15(22)25-18-12(20)7-8-13(18)21)17-16(23)24-9-11-5-3-2-4-6-11/h2-6,10,14,19H,7-9H2,1H3,(H,17,23)/t10-,14-/m1/s1. The van der Waals surface area contributed by atoms with Crippen LogP contribution in [-0.4, -0.2) is 46.2 Å². The van der Waals surface area contributed by atoms with Crippen molar-refractivity contribution in [3.05, 3.63) is 35.9 Å². The number of aliphatic hydroxyl groups is 1. The summed E-state index contributed by atoms with van der Waals surface area (Å²) >= 11 is 0. The molecule has 3 amide bonds. The third-order valence-corrected chi connectivity index (χ3v) is 3.41. The number of carbonyl (C=O) groups excluding carboxylic acids is 4. The average molecular weight is 350 g/mol. The van der Waals surface area contributed by atoms with Gasteiger partial charge in [-0.3, -0.25) is 9.59 Å². The molecular weight excluding hydrogens is 332 g/mol. The van der Waals surface area contributed by atoms with Crippen LogP contribution in [0.3, 0.4) is 0 Å². The zero-order valence-electron chi connectivity index (χ0n) is 13.5. The summed E-state index contributed by atoms with van der Waals surface area (Å²) < 4.78 is 4.95. The Labute approximate surface area is 143 Å². The van der Waals surface area contributed by atoms with E-state index in [-0.39, 0.29) is 19.4 Å². The molecule has 9 heteroatoms. The molecule has 9 nitrogen and oxygen atoms in total. The second kappa shape index (κ2) is 8.25. The molecule has 25 heavy (non-hydrogen) atoms. The fourth-order valence-corrected chi connectivity index (χ4v) is 2.07. The minimum atomic E-state index is -1.50. The quantitative estimate of drug-likeness (QED) is 0.706. The Hall–Kier alpha value is -2.94. The van der Waals surface area contributed by atoms with Gasteiger partial charge in [-0.2, -0.15) is 0 Å². The molecule has 1 heterocycles. The van der Waals surface area contributed by atoms with Gasteiger partial charge >= 0.3 is 12.1 Å². The van der Waals surface area contributed by atoms with Gasteiger partial charge in [0.15, 0.2) is 6.04 Å². The van der Waals surface area contributed by atoms with Crippen LogP contribution in [0.1, 0.15) is 25.3 Å². The number of benzene rings is 1. The Morgan fingerprint density at radius 1 is 1.20 bits per heavy atom. The van der Waals surface area contributed by atoms with E-state index in [1.165, 1.54) is 6.92 Å². The Bertz CT molecular complexity index is 644. The lowest BCUT2D eigenvalue weighted by molar-refractivity contribution is -0.200. The molecule has 0 spiro atoms. The Kier molecular flexibility index (Phi) is 6.07. The molecule has 2 rings (SSSR count). The fourth-order valence-electron chi connectivity index (χ4n) is 2.07. The maximum absolute atomic E-state index is 12.0. The van der Waals surface area contributed by atoms with Crippen LogP contribution in [0, 0.1) is 0 Å². The van der Waals surface area contributed by atoms with Crippen molar-refractivity contribution in [2.45, 2.75) is 38.5 Å². The molecule has 1 aromatic rings. The summed E-state index contributed by atoms with van der Waals surface area (Å²) in [6.45, 7) is 1.22. The van der Waals surface area contributed by atoms with Gasteiger partial charge in [-0.15, -0.1) is 5.06 Å². The fraction of sp³-hybridized carbons (Fsp3) is 0.375. The lowest BCUT2D eigenvalue weighted by Crippen LogP contribution is -2.50. The van der Waals surface area contributed by atoms with E-state index in [2.05, 4.69) is 10.2 Å². The second-order valence-corrected chi connectivity index (χ2v) is 5.42. The minimum absolute atomic E-state index is 0.0304. The molecule has 0 unspecified atom stereocenters. The van der Waals surface area contributed by atoms with E-state index in [4.69, 9.17) is 4.74 Å². The van der Waals surface area contributed by atoms with Crippen LogP contribution in [0.25, 0.3) is 0 Å². The molecular formula is C16H18N2O7. The summed E-state index contributed by atoms with van der Waals surface area (Å²) in [6.07, 6.45) is -2.40. The molecule has 0 aromatic heterocycles. The van der Waals surface area contributed by atoms with Gasteiger partial charge in [0, 0.05) is 12.8 Å². The highest BCUT2D eigenvalue weighted by molar-refractivity contribution is 6.01. The first-order valence-electron chi connectivity index (χ1n) is 7.61. The van der Waals surface area contributed by atoms with Crippen LogP contribution < -0.4 is 5.32 Å². The van der Waals surface area contributed by atoms with Crippen LogP contribution in [0.15, 0.2) is 30.3 Å². The van der Waals surface area contributed by atoms with Crippen molar-refractivity contribution in [3.8, 4) is 0 Å². The third kappa shape index (κ3) is 5.01. The van der Waals surface area contributed by atoms with Crippen LogP contribution in [0.5, 0.6) is 0 Å². The number of hydrogen-bond acceptors (Lipinski definition) is 7. The molecule has 2 atom stereocenters. The van der Waals surface area contributed by atoms with Gasteiger partial charge in [0.05, 0.1) is 6.10 Å². The molecule has 134 valence electrons. The summed E-state index contributed by atoms with van der Waals surface area (Å²) in [5.74, 6) is -2.46. The zero-order chi connectivity index (χ0) is 18.4. The van der Waals surface area contributed by atoms with E-state index in [9.17, 15) is 24.3 Å². The Morgan fingerprint density at radius 2 is 1.80 bits per heavy atom. The monoisotopic (exact) mass is 350 g/mol. The molecule has 1 aromatic carbocycles. The van der Waals surface area contributed by atoms with Gasteiger partial charge in [0.1, 0.15) is 6.61 Å². The van der Waals surface area contributed by atoms with E-state index < -0.39 is 36.0 Å². The van der Waals surface area contributed by atoms with Gasteiger partial charge in [0.25, 0.3) is 11.8 Å². The predicted molar refractivity (Wildman–Crippen MR) is 82.4 cm³/mol. The third-order valence-electron chi connectivity index (χ3n) is 3.41. The van der Waals surface area contributed by atoms with Crippen LogP contribution >= 0.6 is 0 Å². The number of nitrogens with zero attached hydrogens (tertiary/aromatic N) is 1. The van der Waals surface area contributed by atoms with Crippen molar-refractivity contribution in [2.24, 2.45) is 0 Å². The molecule has 0 bridgehead atoms. The molecule has 1 aliphatic heterocycles. The summed E-state index contributed by atoms with van der Waals surface area (Å²) in [5, 5.41) is 12.2. The number of ether oxygens (including phenoxy) is 1. The SMILES string of the molecule is C[C@@H](O)[C@@H](NC(=O)OCc1ccccc1)C(=O)ON1C(=O)CCC1=O. The van der Waals surface area contributed by atoms with E-state index in [1.54, 1.807) is 24.3 Å². The maximum atomic E-state index is 12.0. The van der Waals surface area contributed by atoms with E-state index in [0.29, 0.717) is 5.06 Å². The van der Waals surface area contributed by atoms with E-state index in [0.717, 1.165) is 5.56 Å². The lowest BCUT2D eigenvalue weighted by atomic mass is 10.2. The highest BCUT2D eigenvalue weighted by Gasteiger charge is 2.36. The first kappa shape index (κ1) is 18.4. The highest BCUT2D eigenvalue weighted by Crippen LogP contribution is 2.13. The summed E-state index contributed by atoms with van der Waals surface area (Å²) in [6, 6.07) is 7.36. The summed E-state index contributed by atoms with van der Waals surface area (Å²) in [5.41, 5.74) is 0.738. The Morgan fingerprint density at radius 3 is 2.36 bits per heavy atom. The number of imide groups is 1. The number of carbonyl (C=O) groups is 4. The molecule has 1 saturated heterocycles. The molecule has 0 saturated carbocycles. The van der Waals surface area contributed by atoms with E-state index >= 15 is 0 Å². The number of amides is 3. The normalized spacial score (nSPS) is 16.3. The van der Waals surface area contributed by atoms with Crippen molar-refractivity contribution >= 4 is 23.9 Å². The molecule has 1 fully saturated rings. The predicted octanol–water partition coefficient (Wildman–Crippen LogP) is 0.269. The van der Waals surface area contributed by atoms with Crippen molar-refractivity contribution in [1.82, 2.24) is 10.4 Å². The number of aliphatic hydroxyl groups excluding tert-OH is 1. The minimum Gasteiger partial charge on any atom is -0.445 e. The van der Waals surface area contributed by atoms with Gasteiger partial charge in [-0.1, -0.05) is 30.3 Å². The topological polar surface area (TPSA) is 122 Å². The number of nitrogens with one attached hydrogen (secondary N) is 1. The number of hydroxylamine groups is 2. The first-order valence-corrected chi connectivity index (χ1v) is 7.61. The second-order valence-electron chi connectivity index (χ2n) is 5.42. The van der Waals surface area contributed by atoms with Crippen LogP contribution in [0.2, 0.25) is 0 Å². The summed E-state index contributed by atoms with van der Waals surface area (Å²) in [7, 11) is 0. The molecule has 2 N–H and O–H groups in total. The van der Waals surface area contributed by atoms with Crippen molar-refractivity contribution < 1.29 is 33.9 Å². The van der Waals surface area contributed by atoms with Gasteiger partial charge < -0.3 is 20.0 Å². The van der Waals surface area contributed by atoms with E-state index in [1.807, 2.05) is 6.07 Å². The van der Waals surface area contributed by atoms with Gasteiger partial charge in [0.2, 0.25) is 0 Å². The first-order chi connectivity index (χ1) is 11.9. The van der Waals surface area contributed by atoms with Gasteiger partial charge in [-0.05, 0) is 12.5 Å². The molecule has 1 aliphatic rings. The molecule has 0 aliphatic carbocycles. The number of rotatable bonds is 6. The van der Waals surface area contributed by atoms with Gasteiger partial charge in [-0.25, -0.2) is 9.59 Å². The lowest BCUT2D eigenvalue weighted by Gasteiger charge is -2.21.